The van der Waals surface area contributed by atoms with Gasteiger partial charge in [0.25, 0.3) is 0 Å². The molecule has 142 valence electrons. The Morgan fingerprint density at radius 1 is 1.29 bits per heavy atom. The SMILES string of the molecule is Cc1cc2ccc(-c3nc(C#N)ccc3C(C=NCC(C)(C)C)=CN)cn2n1. The molecule has 0 aliphatic carbocycles. The van der Waals surface area contributed by atoms with Crippen LogP contribution in [0.1, 0.15) is 37.7 Å². The first-order valence-electron chi connectivity index (χ1n) is 9.10. The normalized spacial score (nSPS) is 12.6. The highest BCUT2D eigenvalue weighted by molar-refractivity contribution is 6.11. The first kappa shape index (κ1) is 19.3. The number of nitrogens with two attached hydrogens (primary N) is 1. The Labute approximate surface area is 165 Å². The van der Waals surface area contributed by atoms with E-state index in [-0.39, 0.29) is 5.41 Å². The summed E-state index contributed by atoms with van der Waals surface area (Å²) in [7, 11) is 0. The largest absolute Gasteiger partial charge is 0.404 e. The van der Waals surface area contributed by atoms with Crippen molar-refractivity contribution in [2.75, 3.05) is 6.54 Å². The van der Waals surface area contributed by atoms with E-state index in [2.05, 4.69) is 41.9 Å². The summed E-state index contributed by atoms with van der Waals surface area (Å²) < 4.78 is 1.81. The van der Waals surface area contributed by atoms with Crippen LogP contribution in [0, 0.1) is 23.7 Å². The summed E-state index contributed by atoms with van der Waals surface area (Å²) in [5.41, 5.74) is 11.4. The molecule has 0 spiro atoms. The smallest absolute Gasteiger partial charge is 0.141 e. The number of rotatable bonds is 4. The van der Waals surface area contributed by atoms with Crippen molar-refractivity contribution in [3.63, 3.8) is 0 Å². The highest BCUT2D eigenvalue weighted by Crippen LogP contribution is 2.27. The summed E-state index contributed by atoms with van der Waals surface area (Å²) in [5.74, 6) is 0. The fourth-order valence-electron chi connectivity index (χ4n) is 2.85. The lowest BCUT2D eigenvalue weighted by atomic mass is 9.97. The van der Waals surface area contributed by atoms with E-state index < -0.39 is 0 Å². The zero-order valence-electron chi connectivity index (χ0n) is 16.6. The lowest BCUT2D eigenvalue weighted by molar-refractivity contribution is 0.430. The van der Waals surface area contributed by atoms with Crippen LogP contribution in [0.5, 0.6) is 0 Å². The number of hydrogen-bond donors (Lipinski definition) is 1. The van der Waals surface area contributed by atoms with Gasteiger partial charge in [-0.05, 0) is 42.7 Å². The van der Waals surface area contributed by atoms with Gasteiger partial charge in [0.1, 0.15) is 11.8 Å². The van der Waals surface area contributed by atoms with E-state index in [9.17, 15) is 5.26 Å². The van der Waals surface area contributed by atoms with Crippen molar-refractivity contribution < 1.29 is 0 Å². The number of fused-ring (bicyclic) bond motifs is 1. The van der Waals surface area contributed by atoms with Crippen LogP contribution in [-0.2, 0) is 0 Å². The maximum Gasteiger partial charge on any atom is 0.141 e. The zero-order valence-corrected chi connectivity index (χ0v) is 16.6. The molecular weight excluding hydrogens is 348 g/mol. The maximum atomic E-state index is 9.31. The van der Waals surface area contributed by atoms with Crippen LogP contribution in [0.4, 0.5) is 0 Å². The number of aromatic nitrogens is 3. The summed E-state index contributed by atoms with van der Waals surface area (Å²) in [5, 5.41) is 13.8. The maximum absolute atomic E-state index is 9.31. The predicted molar refractivity (Wildman–Crippen MR) is 113 cm³/mol. The van der Waals surface area contributed by atoms with Gasteiger partial charge in [-0.15, -0.1) is 0 Å². The molecule has 0 bridgehead atoms. The molecular formula is C22H24N6. The van der Waals surface area contributed by atoms with Crippen LogP contribution in [-0.4, -0.2) is 27.4 Å². The van der Waals surface area contributed by atoms with Crippen LogP contribution in [0.25, 0.3) is 22.3 Å². The molecule has 0 saturated heterocycles. The molecule has 6 heteroatoms. The summed E-state index contributed by atoms with van der Waals surface area (Å²) in [6.45, 7) is 9.03. The van der Waals surface area contributed by atoms with Crippen molar-refractivity contribution in [3.8, 4) is 17.3 Å². The van der Waals surface area contributed by atoms with Crippen molar-refractivity contribution in [1.29, 1.82) is 5.26 Å². The van der Waals surface area contributed by atoms with Gasteiger partial charge in [-0.2, -0.15) is 10.4 Å². The van der Waals surface area contributed by atoms with E-state index in [1.807, 2.05) is 41.9 Å². The molecule has 0 radical (unpaired) electrons. The Hall–Kier alpha value is -3.46. The van der Waals surface area contributed by atoms with Crippen LogP contribution >= 0.6 is 0 Å². The van der Waals surface area contributed by atoms with Gasteiger partial charge in [0.2, 0.25) is 0 Å². The minimum absolute atomic E-state index is 0.0882. The van der Waals surface area contributed by atoms with E-state index >= 15 is 0 Å². The Balaban J connectivity index is 2.10. The number of aryl methyl sites for hydroxylation is 1. The minimum atomic E-state index is 0.0882. The second kappa shape index (κ2) is 7.65. The molecule has 2 N–H and O–H groups in total. The highest BCUT2D eigenvalue weighted by atomic mass is 15.2. The predicted octanol–water partition coefficient (Wildman–Crippen LogP) is 3.99. The molecule has 0 saturated carbocycles. The van der Waals surface area contributed by atoms with Crippen molar-refractivity contribution in [2.24, 2.45) is 16.1 Å². The van der Waals surface area contributed by atoms with Crippen LogP contribution in [0.15, 0.2) is 47.7 Å². The summed E-state index contributed by atoms with van der Waals surface area (Å²) in [6.07, 6.45) is 5.21. The molecule has 3 aromatic heterocycles. The van der Waals surface area contributed by atoms with Gasteiger partial charge in [-0.25, -0.2) is 9.50 Å². The zero-order chi connectivity index (χ0) is 20.3. The Morgan fingerprint density at radius 2 is 2.07 bits per heavy atom. The fraction of sp³-hybridized carbons (Fsp3) is 0.273. The molecule has 3 heterocycles. The highest BCUT2D eigenvalue weighted by Gasteiger charge is 2.14. The van der Waals surface area contributed by atoms with Gasteiger partial charge >= 0.3 is 0 Å². The van der Waals surface area contributed by atoms with Gasteiger partial charge in [-0.1, -0.05) is 20.8 Å². The van der Waals surface area contributed by atoms with E-state index in [1.165, 1.54) is 6.20 Å². The lowest BCUT2D eigenvalue weighted by Crippen LogP contribution is -2.09. The Kier molecular flexibility index (Phi) is 5.27. The molecule has 3 rings (SSSR count). The van der Waals surface area contributed by atoms with Crippen LogP contribution in [0.3, 0.4) is 0 Å². The number of hydrogen-bond acceptors (Lipinski definition) is 5. The lowest BCUT2D eigenvalue weighted by Gasteiger charge is -2.14. The molecule has 0 aromatic carbocycles. The minimum Gasteiger partial charge on any atom is -0.404 e. The van der Waals surface area contributed by atoms with E-state index in [0.29, 0.717) is 17.9 Å². The molecule has 3 aromatic rings. The van der Waals surface area contributed by atoms with Gasteiger partial charge in [-0.3, -0.25) is 4.99 Å². The topological polar surface area (TPSA) is 92.4 Å². The Morgan fingerprint density at radius 3 is 2.75 bits per heavy atom. The van der Waals surface area contributed by atoms with Crippen molar-refractivity contribution >= 4 is 17.3 Å². The van der Waals surface area contributed by atoms with Crippen molar-refractivity contribution in [3.05, 3.63) is 59.7 Å². The standard InChI is InChI=1S/C22H24N6/c1-15-9-19-7-5-16(13-28(19)27-15)21-20(8-6-18(11-24)26-21)17(10-23)12-25-14-22(2,3)4/h5-10,12-13H,14,23H2,1-4H3. The van der Waals surface area contributed by atoms with Crippen LogP contribution in [0.2, 0.25) is 0 Å². The molecule has 0 aliphatic heterocycles. The molecule has 6 nitrogen and oxygen atoms in total. The van der Waals surface area contributed by atoms with Gasteiger partial charge < -0.3 is 5.73 Å². The van der Waals surface area contributed by atoms with E-state index in [1.54, 1.807) is 12.3 Å². The van der Waals surface area contributed by atoms with Gasteiger partial charge in [0.15, 0.2) is 0 Å². The molecule has 0 atom stereocenters. The molecule has 0 amide bonds. The first-order chi connectivity index (χ1) is 13.3. The molecule has 28 heavy (non-hydrogen) atoms. The number of aliphatic imine (C=N–C) groups is 1. The third kappa shape index (κ3) is 4.26. The number of nitrogens with zero attached hydrogens (tertiary/aromatic N) is 5. The van der Waals surface area contributed by atoms with E-state index in [0.717, 1.165) is 27.9 Å². The number of pyridine rings is 2. The number of nitriles is 1. The average molecular weight is 372 g/mol. The van der Waals surface area contributed by atoms with Gasteiger partial charge in [0, 0.05) is 41.9 Å². The number of allylic oxidation sites excluding steroid dienone is 1. The quantitative estimate of drug-likeness (QED) is 0.701. The molecule has 0 fully saturated rings. The fourth-order valence-corrected chi connectivity index (χ4v) is 2.85. The third-order valence-corrected chi connectivity index (χ3v) is 4.15. The second-order valence-corrected chi connectivity index (χ2v) is 7.93. The molecule has 0 aliphatic rings. The average Bonchev–Trinajstić information content (AvgIpc) is 3.03. The monoisotopic (exact) mass is 372 g/mol. The van der Waals surface area contributed by atoms with Crippen molar-refractivity contribution in [1.82, 2.24) is 14.6 Å². The van der Waals surface area contributed by atoms with Crippen LogP contribution < -0.4 is 5.73 Å². The Bertz CT molecular complexity index is 1110. The van der Waals surface area contributed by atoms with E-state index in [4.69, 9.17) is 5.73 Å². The first-order valence-corrected chi connectivity index (χ1v) is 9.10. The summed E-state index contributed by atoms with van der Waals surface area (Å²) in [6, 6.07) is 11.6. The van der Waals surface area contributed by atoms with Gasteiger partial charge in [0.05, 0.1) is 16.9 Å². The van der Waals surface area contributed by atoms with Crippen molar-refractivity contribution in [2.45, 2.75) is 27.7 Å². The molecule has 0 unspecified atom stereocenters. The second-order valence-electron chi connectivity index (χ2n) is 7.93. The summed E-state index contributed by atoms with van der Waals surface area (Å²) in [4.78, 5) is 9.08. The third-order valence-electron chi connectivity index (χ3n) is 4.15. The summed E-state index contributed by atoms with van der Waals surface area (Å²) >= 11 is 0.